The topological polar surface area (TPSA) is 72.2 Å². The molecule has 0 aromatic heterocycles. The minimum atomic E-state index is -3.64. The van der Waals surface area contributed by atoms with Crippen LogP contribution in [0.3, 0.4) is 0 Å². The molecule has 0 saturated heterocycles. The van der Waals surface area contributed by atoms with Gasteiger partial charge < -0.3 is 5.73 Å². The molecule has 0 radical (unpaired) electrons. The first-order valence-corrected chi connectivity index (χ1v) is 7.88. The van der Waals surface area contributed by atoms with Crippen LogP contribution < -0.4 is 10.5 Å². The molecule has 1 aromatic carbocycles. The zero-order valence-electron chi connectivity index (χ0n) is 11.2. The highest BCUT2D eigenvalue weighted by molar-refractivity contribution is 7.89. The van der Waals surface area contributed by atoms with Crippen LogP contribution in [0, 0.1) is 19.7 Å². The highest BCUT2D eigenvalue weighted by Crippen LogP contribution is 2.28. The molecule has 19 heavy (non-hydrogen) atoms. The summed E-state index contributed by atoms with van der Waals surface area (Å²) in [4.78, 5) is 0.110. The van der Waals surface area contributed by atoms with E-state index in [0.717, 1.165) is 25.7 Å². The van der Waals surface area contributed by atoms with Crippen molar-refractivity contribution in [3.8, 4) is 0 Å². The Kier molecular flexibility index (Phi) is 3.82. The molecule has 0 unspecified atom stereocenters. The van der Waals surface area contributed by atoms with Crippen molar-refractivity contribution in [1.29, 1.82) is 0 Å². The summed E-state index contributed by atoms with van der Waals surface area (Å²) in [7, 11) is -3.64. The van der Waals surface area contributed by atoms with Crippen molar-refractivity contribution in [2.45, 2.75) is 50.5 Å². The first-order chi connectivity index (χ1) is 8.83. The molecule has 0 aliphatic heterocycles. The Bertz CT molecular complexity index is 593. The maximum Gasteiger partial charge on any atom is 0.241 e. The highest BCUT2D eigenvalue weighted by atomic mass is 32.2. The summed E-state index contributed by atoms with van der Waals surface area (Å²) in [5.41, 5.74) is 6.15. The number of benzene rings is 1. The summed E-state index contributed by atoms with van der Waals surface area (Å²) in [5, 5.41) is 0. The molecular weight excluding hydrogens is 267 g/mol. The summed E-state index contributed by atoms with van der Waals surface area (Å²) in [6.07, 6.45) is 3.79. The number of aryl methyl sites for hydroxylation is 1. The number of hydrogen-bond acceptors (Lipinski definition) is 3. The summed E-state index contributed by atoms with van der Waals surface area (Å²) >= 11 is 0. The maximum atomic E-state index is 13.5. The first-order valence-electron chi connectivity index (χ1n) is 6.40. The van der Waals surface area contributed by atoms with E-state index in [2.05, 4.69) is 4.72 Å². The number of anilines is 1. The lowest BCUT2D eigenvalue weighted by Crippen LogP contribution is -2.33. The van der Waals surface area contributed by atoms with Gasteiger partial charge >= 0.3 is 0 Å². The molecule has 1 aliphatic carbocycles. The second-order valence-electron chi connectivity index (χ2n) is 5.15. The molecule has 3 N–H and O–H groups in total. The SMILES string of the molecule is Cc1cc(F)c(N)c(C)c1S(=O)(=O)NC1CCCC1. The lowest BCUT2D eigenvalue weighted by Gasteiger charge is -2.17. The van der Waals surface area contributed by atoms with E-state index in [1.807, 2.05) is 0 Å². The van der Waals surface area contributed by atoms with Crippen LogP contribution in [-0.2, 0) is 10.0 Å². The molecule has 0 atom stereocenters. The van der Waals surface area contributed by atoms with Crippen molar-refractivity contribution in [3.05, 3.63) is 23.0 Å². The van der Waals surface area contributed by atoms with E-state index in [9.17, 15) is 12.8 Å². The molecule has 0 bridgehead atoms. The molecule has 1 fully saturated rings. The Balaban J connectivity index is 2.42. The predicted molar refractivity (Wildman–Crippen MR) is 72.9 cm³/mol. The molecule has 1 saturated carbocycles. The molecule has 0 heterocycles. The van der Waals surface area contributed by atoms with E-state index >= 15 is 0 Å². The van der Waals surface area contributed by atoms with Gasteiger partial charge in [0.25, 0.3) is 0 Å². The summed E-state index contributed by atoms with van der Waals surface area (Å²) in [5.74, 6) is -0.574. The summed E-state index contributed by atoms with van der Waals surface area (Å²) < 4.78 is 41.0. The Morgan fingerprint density at radius 1 is 1.32 bits per heavy atom. The standard InChI is InChI=1S/C13H19FN2O2S/c1-8-7-11(14)12(15)9(2)13(8)19(17,18)16-10-5-3-4-6-10/h7,10,16H,3-6,15H2,1-2H3. The van der Waals surface area contributed by atoms with Crippen molar-refractivity contribution in [1.82, 2.24) is 4.72 Å². The average molecular weight is 286 g/mol. The van der Waals surface area contributed by atoms with Gasteiger partial charge in [-0.3, -0.25) is 0 Å². The van der Waals surface area contributed by atoms with Gasteiger partial charge in [-0.05, 0) is 43.9 Å². The van der Waals surface area contributed by atoms with E-state index < -0.39 is 15.8 Å². The molecule has 1 aliphatic rings. The second-order valence-corrected chi connectivity index (χ2v) is 6.80. The van der Waals surface area contributed by atoms with E-state index in [-0.39, 0.29) is 22.2 Å². The number of rotatable bonds is 3. The van der Waals surface area contributed by atoms with Gasteiger partial charge in [0.15, 0.2) is 0 Å². The predicted octanol–water partition coefficient (Wildman–Crippen LogP) is 2.25. The normalized spacial score (nSPS) is 17.0. The molecule has 106 valence electrons. The molecule has 1 aromatic rings. The van der Waals surface area contributed by atoms with Crippen molar-refractivity contribution < 1.29 is 12.8 Å². The first kappa shape index (κ1) is 14.3. The fraction of sp³-hybridized carbons (Fsp3) is 0.538. The second kappa shape index (κ2) is 5.09. The van der Waals surface area contributed by atoms with Gasteiger partial charge in [-0.15, -0.1) is 0 Å². The minimum Gasteiger partial charge on any atom is -0.396 e. The summed E-state index contributed by atoms with van der Waals surface area (Å²) in [6, 6.07) is 1.15. The number of nitrogens with two attached hydrogens (primary N) is 1. The fourth-order valence-corrected chi connectivity index (χ4v) is 4.45. The largest absolute Gasteiger partial charge is 0.396 e. The van der Waals surface area contributed by atoms with E-state index in [0.29, 0.717) is 5.56 Å². The minimum absolute atomic E-state index is 0.0184. The Morgan fingerprint density at radius 2 is 1.89 bits per heavy atom. The zero-order valence-corrected chi connectivity index (χ0v) is 12.0. The van der Waals surface area contributed by atoms with Gasteiger partial charge in [0, 0.05) is 6.04 Å². The maximum absolute atomic E-state index is 13.5. The lowest BCUT2D eigenvalue weighted by atomic mass is 10.1. The quantitative estimate of drug-likeness (QED) is 0.837. The smallest absolute Gasteiger partial charge is 0.241 e. The van der Waals surface area contributed by atoms with Crippen molar-refractivity contribution in [2.24, 2.45) is 0 Å². The Morgan fingerprint density at radius 3 is 2.47 bits per heavy atom. The van der Waals surface area contributed by atoms with E-state index in [1.165, 1.54) is 13.0 Å². The molecule has 4 nitrogen and oxygen atoms in total. The molecular formula is C13H19FN2O2S. The monoisotopic (exact) mass is 286 g/mol. The van der Waals surface area contributed by atoms with Crippen LogP contribution in [0.25, 0.3) is 0 Å². The highest BCUT2D eigenvalue weighted by Gasteiger charge is 2.27. The van der Waals surface area contributed by atoms with Gasteiger partial charge in [-0.25, -0.2) is 17.5 Å². The summed E-state index contributed by atoms with van der Waals surface area (Å²) in [6.45, 7) is 3.12. The third-order valence-corrected chi connectivity index (χ3v) is 5.46. The van der Waals surface area contributed by atoms with Crippen molar-refractivity contribution >= 4 is 15.7 Å². The molecule has 6 heteroatoms. The van der Waals surface area contributed by atoms with Crippen LogP contribution in [0.5, 0.6) is 0 Å². The number of nitrogens with one attached hydrogen (secondary N) is 1. The van der Waals surface area contributed by atoms with Gasteiger partial charge in [-0.2, -0.15) is 0 Å². The van der Waals surface area contributed by atoms with Gasteiger partial charge in [-0.1, -0.05) is 12.8 Å². The number of nitrogen functional groups attached to an aromatic ring is 1. The third-order valence-electron chi connectivity index (χ3n) is 3.65. The van der Waals surface area contributed by atoms with Crippen LogP contribution in [-0.4, -0.2) is 14.5 Å². The Hall–Kier alpha value is -1.14. The number of sulfonamides is 1. The molecule has 0 spiro atoms. The van der Waals surface area contributed by atoms with Gasteiger partial charge in [0.05, 0.1) is 10.6 Å². The zero-order chi connectivity index (χ0) is 14.2. The molecule has 0 amide bonds. The van der Waals surface area contributed by atoms with Crippen LogP contribution in [0.15, 0.2) is 11.0 Å². The van der Waals surface area contributed by atoms with Crippen LogP contribution in [0.1, 0.15) is 36.8 Å². The van der Waals surface area contributed by atoms with E-state index in [1.54, 1.807) is 6.92 Å². The average Bonchev–Trinajstić information content (AvgIpc) is 2.77. The third kappa shape index (κ3) is 2.74. The van der Waals surface area contributed by atoms with E-state index in [4.69, 9.17) is 5.73 Å². The molecule has 2 rings (SSSR count). The Labute approximate surface area is 113 Å². The van der Waals surface area contributed by atoms with Crippen molar-refractivity contribution in [2.75, 3.05) is 5.73 Å². The van der Waals surface area contributed by atoms with Crippen molar-refractivity contribution in [3.63, 3.8) is 0 Å². The van der Waals surface area contributed by atoms with Crippen LogP contribution in [0.4, 0.5) is 10.1 Å². The lowest BCUT2D eigenvalue weighted by molar-refractivity contribution is 0.550. The van der Waals surface area contributed by atoms with Crippen LogP contribution >= 0.6 is 0 Å². The van der Waals surface area contributed by atoms with Gasteiger partial charge in [0.1, 0.15) is 5.82 Å². The fourth-order valence-electron chi connectivity index (χ4n) is 2.67. The van der Waals surface area contributed by atoms with Crippen LogP contribution in [0.2, 0.25) is 0 Å². The number of hydrogen-bond donors (Lipinski definition) is 2. The van der Waals surface area contributed by atoms with Gasteiger partial charge in [0.2, 0.25) is 10.0 Å². The number of halogens is 1.